The molecule has 2 aromatic rings. The van der Waals surface area contributed by atoms with Gasteiger partial charge in [0.25, 0.3) is 5.91 Å². The maximum absolute atomic E-state index is 13.2. The highest BCUT2D eigenvalue weighted by Gasteiger charge is 2.20. The third kappa shape index (κ3) is 3.19. The Labute approximate surface area is 118 Å². The smallest absolute Gasteiger partial charge is 0.336 e. The Morgan fingerprint density at radius 2 is 1.71 bits per heavy atom. The minimum absolute atomic E-state index is 0.320. The van der Waals surface area contributed by atoms with Gasteiger partial charge >= 0.3 is 5.97 Å². The fourth-order valence-corrected chi connectivity index (χ4v) is 1.73. The van der Waals surface area contributed by atoms with E-state index in [0.29, 0.717) is 17.8 Å². The molecular weight excluding hydrogens is 282 g/mol. The highest BCUT2D eigenvalue weighted by molar-refractivity contribution is 6.10. The fraction of sp³-hybridized carbons (Fsp3) is 0.0714. The molecule has 2 rings (SSSR count). The molecule has 0 radical (unpaired) electrons. The maximum atomic E-state index is 13.2. The molecule has 0 spiro atoms. The third-order valence-electron chi connectivity index (χ3n) is 2.67. The normalized spacial score (nSPS) is 10.2. The Kier molecular flexibility index (Phi) is 3.93. The van der Waals surface area contributed by atoms with Crippen LogP contribution in [0.4, 0.5) is 14.5 Å². The Morgan fingerprint density at radius 3 is 2.29 bits per heavy atom. The minimum Gasteiger partial charge on any atom is -0.478 e. The lowest BCUT2D eigenvalue weighted by atomic mass is 10.1. The van der Waals surface area contributed by atoms with Crippen molar-refractivity contribution < 1.29 is 23.5 Å². The lowest BCUT2D eigenvalue weighted by Crippen LogP contribution is -2.17. The van der Waals surface area contributed by atoms with Gasteiger partial charge in [0.1, 0.15) is 0 Å². The van der Waals surface area contributed by atoms with Crippen LogP contribution in [0, 0.1) is 18.6 Å². The molecule has 0 bridgehead atoms. The number of anilines is 1. The van der Waals surface area contributed by atoms with E-state index in [1.54, 1.807) is 19.2 Å². The molecule has 1 amide bonds. The van der Waals surface area contributed by atoms with Crippen molar-refractivity contribution >= 4 is 17.6 Å². The summed E-state index contributed by atoms with van der Waals surface area (Å²) >= 11 is 0. The average molecular weight is 292 g/mol. The first-order valence-electron chi connectivity index (χ1n) is 5.84. The summed E-state index contributed by atoms with van der Waals surface area (Å²) in [6, 6.07) is 2.63. The molecule has 0 saturated carbocycles. The molecule has 1 heterocycles. The molecule has 108 valence electrons. The largest absolute Gasteiger partial charge is 0.478 e. The van der Waals surface area contributed by atoms with Crippen molar-refractivity contribution in [3.8, 4) is 0 Å². The molecule has 1 aromatic carbocycles. The molecule has 0 unspecified atom stereocenters. The van der Waals surface area contributed by atoms with Crippen molar-refractivity contribution in [2.24, 2.45) is 0 Å². The van der Waals surface area contributed by atoms with Gasteiger partial charge in [-0.2, -0.15) is 0 Å². The number of nitrogens with zero attached hydrogens (tertiary/aromatic N) is 1. The number of pyridine rings is 1. The number of benzene rings is 1. The first-order chi connectivity index (χ1) is 9.88. The number of carboxylic acids is 1. The van der Waals surface area contributed by atoms with Crippen molar-refractivity contribution in [3.63, 3.8) is 0 Å². The monoisotopic (exact) mass is 292 g/mol. The first-order valence-corrected chi connectivity index (χ1v) is 5.84. The first kappa shape index (κ1) is 14.6. The molecule has 1 aromatic heterocycles. The van der Waals surface area contributed by atoms with E-state index in [-0.39, 0.29) is 0 Å². The van der Waals surface area contributed by atoms with E-state index in [1.807, 2.05) is 0 Å². The van der Waals surface area contributed by atoms with Crippen LogP contribution in [0.2, 0.25) is 0 Å². The summed E-state index contributed by atoms with van der Waals surface area (Å²) in [6.07, 6.45) is 2.92. The number of aromatic nitrogens is 1. The van der Waals surface area contributed by atoms with Crippen LogP contribution in [0.15, 0.2) is 30.6 Å². The van der Waals surface area contributed by atoms with Crippen LogP contribution < -0.4 is 5.32 Å². The lowest BCUT2D eigenvalue weighted by Gasteiger charge is -2.08. The van der Waals surface area contributed by atoms with Crippen LogP contribution in [0.1, 0.15) is 26.3 Å². The van der Waals surface area contributed by atoms with Crippen LogP contribution in [0.3, 0.4) is 0 Å². The minimum atomic E-state index is -1.53. The molecule has 0 fully saturated rings. The zero-order valence-electron chi connectivity index (χ0n) is 10.9. The highest BCUT2D eigenvalue weighted by atomic mass is 19.2. The highest BCUT2D eigenvalue weighted by Crippen LogP contribution is 2.17. The Balaban J connectivity index is 2.39. The lowest BCUT2D eigenvalue weighted by molar-refractivity contribution is 0.0691. The molecule has 2 N–H and O–H groups in total. The van der Waals surface area contributed by atoms with E-state index in [1.165, 1.54) is 6.20 Å². The van der Waals surface area contributed by atoms with Crippen LogP contribution in [-0.4, -0.2) is 22.0 Å². The number of aryl methyl sites for hydroxylation is 1. The number of hydrogen-bond acceptors (Lipinski definition) is 3. The van der Waals surface area contributed by atoms with E-state index < -0.39 is 34.6 Å². The van der Waals surface area contributed by atoms with Crippen molar-refractivity contribution in [2.45, 2.75) is 6.92 Å². The van der Waals surface area contributed by atoms with Gasteiger partial charge in [-0.15, -0.1) is 0 Å². The van der Waals surface area contributed by atoms with Gasteiger partial charge in [-0.3, -0.25) is 9.78 Å². The number of amides is 1. The van der Waals surface area contributed by atoms with Gasteiger partial charge in [-0.05, 0) is 30.7 Å². The van der Waals surface area contributed by atoms with Crippen molar-refractivity contribution in [1.82, 2.24) is 4.98 Å². The van der Waals surface area contributed by atoms with E-state index in [9.17, 15) is 18.4 Å². The zero-order valence-corrected chi connectivity index (χ0v) is 10.9. The Bertz CT molecular complexity index is 732. The van der Waals surface area contributed by atoms with Crippen LogP contribution >= 0.6 is 0 Å². The van der Waals surface area contributed by atoms with Crippen LogP contribution in [0.5, 0.6) is 0 Å². The maximum Gasteiger partial charge on any atom is 0.336 e. The summed E-state index contributed by atoms with van der Waals surface area (Å²) in [5.74, 6) is -5.02. The number of nitrogens with one attached hydrogen (secondary N) is 1. The van der Waals surface area contributed by atoms with Gasteiger partial charge < -0.3 is 10.4 Å². The second-order valence-corrected chi connectivity index (χ2v) is 4.32. The molecule has 0 aliphatic carbocycles. The predicted molar refractivity (Wildman–Crippen MR) is 70.2 cm³/mol. The van der Waals surface area contributed by atoms with Gasteiger partial charge in [-0.1, -0.05) is 0 Å². The van der Waals surface area contributed by atoms with Crippen molar-refractivity contribution in [3.05, 3.63) is 58.9 Å². The van der Waals surface area contributed by atoms with Crippen LogP contribution in [0.25, 0.3) is 0 Å². The standard InChI is InChI=1S/C14H10F2N2O3/c1-7-2-8(6-17-5-7)18-13(19)9-3-11(15)12(16)4-10(9)14(20)21/h2-6H,1H3,(H,18,19)(H,20,21). The summed E-state index contributed by atoms with van der Waals surface area (Å²) in [4.78, 5) is 26.9. The number of carboxylic acid groups (broad SMARTS) is 1. The molecule has 5 nitrogen and oxygen atoms in total. The number of halogens is 2. The molecule has 0 aliphatic heterocycles. The molecular formula is C14H10F2N2O3. The number of carbonyl (C=O) groups is 2. The van der Waals surface area contributed by atoms with Gasteiger partial charge in [0.2, 0.25) is 0 Å². The SMILES string of the molecule is Cc1cncc(NC(=O)c2cc(F)c(F)cc2C(=O)O)c1. The van der Waals surface area contributed by atoms with E-state index in [2.05, 4.69) is 10.3 Å². The van der Waals surface area contributed by atoms with Crippen LogP contribution in [-0.2, 0) is 0 Å². The van der Waals surface area contributed by atoms with Gasteiger partial charge in [-0.25, -0.2) is 13.6 Å². The van der Waals surface area contributed by atoms with Crippen molar-refractivity contribution in [2.75, 3.05) is 5.32 Å². The molecule has 0 atom stereocenters. The zero-order chi connectivity index (χ0) is 15.6. The number of hydrogen-bond donors (Lipinski definition) is 2. The Hall–Kier alpha value is -2.83. The predicted octanol–water partition coefficient (Wildman–Crippen LogP) is 2.62. The summed E-state index contributed by atoms with van der Waals surface area (Å²) in [6.45, 7) is 1.75. The van der Waals surface area contributed by atoms with E-state index >= 15 is 0 Å². The van der Waals surface area contributed by atoms with E-state index in [4.69, 9.17) is 5.11 Å². The summed E-state index contributed by atoms with van der Waals surface area (Å²) in [7, 11) is 0. The fourth-order valence-electron chi connectivity index (χ4n) is 1.73. The Morgan fingerprint density at radius 1 is 1.10 bits per heavy atom. The molecule has 0 saturated heterocycles. The number of aromatic carboxylic acids is 1. The van der Waals surface area contributed by atoms with Gasteiger partial charge in [0, 0.05) is 6.20 Å². The van der Waals surface area contributed by atoms with Crippen molar-refractivity contribution in [1.29, 1.82) is 0 Å². The van der Waals surface area contributed by atoms with Gasteiger partial charge in [0.15, 0.2) is 11.6 Å². The molecule has 21 heavy (non-hydrogen) atoms. The summed E-state index contributed by atoms with van der Waals surface area (Å²) in [5, 5.41) is 11.3. The number of carbonyl (C=O) groups excluding carboxylic acids is 1. The van der Waals surface area contributed by atoms with E-state index in [0.717, 1.165) is 5.56 Å². The number of rotatable bonds is 3. The summed E-state index contributed by atoms with van der Waals surface area (Å²) in [5.41, 5.74) is 0.00698. The average Bonchev–Trinajstić information content (AvgIpc) is 2.41. The second kappa shape index (κ2) is 5.66. The second-order valence-electron chi connectivity index (χ2n) is 4.32. The topological polar surface area (TPSA) is 79.3 Å². The molecule has 0 aliphatic rings. The molecule has 7 heteroatoms. The van der Waals surface area contributed by atoms with Gasteiger partial charge in [0.05, 0.1) is 23.0 Å². The summed E-state index contributed by atoms with van der Waals surface area (Å²) < 4.78 is 26.3. The third-order valence-corrected chi connectivity index (χ3v) is 2.67. The quantitative estimate of drug-likeness (QED) is 0.911.